The largest absolute Gasteiger partial charge is 0.507 e. The Bertz CT molecular complexity index is 1120. The summed E-state index contributed by atoms with van der Waals surface area (Å²) in [5.74, 6) is -2.27. The summed E-state index contributed by atoms with van der Waals surface area (Å²) < 4.78 is 0. The van der Waals surface area contributed by atoms with Crippen molar-refractivity contribution in [2.24, 2.45) is 15.9 Å². The molecule has 0 bridgehead atoms. The average Bonchev–Trinajstić information content (AvgIpc) is 3.01. The number of carbonyl (C=O) groups is 3. The van der Waals surface area contributed by atoms with Gasteiger partial charge in [0.2, 0.25) is 0 Å². The Morgan fingerprint density at radius 3 is 2.09 bits per heavy atom. The van der Waals surface area contributed by atoms with Gasteiger partial charge in [0.25, 0.3) is 5.91 Å². The quantitative estimate of drug-likeness (QED) is 0.578. The predicted octanol–water partition coefficient (Wildman–Crippen LogP) is 4.92. The molecule has 2 aliphatic heterocycles. The maximum atomic E-state index is 13.1. The molecule has 9 heteroatoms. The molecule has 0 spiro atoms. The van der Waals surface area contributed by atoms with Gasteiger partial charge < -0.3 is 10.2 Å². The Balaban J connectivity index is 1.84. The van der Waals surface area contributed by atoms with E-state index in [1.54, 1.807) is 19.1 Å². The molecule has 0 saturated carbocycles. The number of fused-ring (bicyclic) bond motifs is 1. The Kier molecular flexibility index (Phi) is 6.70. The summed E-state index contributed by atoms with van der Waals surface area (Å²) in [4.78, 5) is 45.4. The van der Waals surface area contributed by atoms with Crippen LogP contribution >= 0.6 is 23.5 Å². The number of hydrogen-bond donors (Lipinski definition) is 2. The number of hydrogen-bond acceptors (Lipinski definition) is 7. The Morgan fingerprint density at radius 1 is 1.06 bits per heavy atom. The number of phenols is 1. The Labute approximate surface area is 201 Å². The highest BCUT2D eigenvalue weighted by Crippen LogP contribution is 2.42. The van der Waals surface area contributed by atoms with Gasteiger partial charge >= 0.3 is 5.97 Å². The lowest BCUT2D eigenvalue weighted by atomic mass is 9.78. The van der Waals surface area contributed by atoms with E-state index in [-0.39, 0.29) is 38.2 Å². The third-order valence-corrected chi connectivity index (χ3v) is 7.56. The molecule has 0 radical (unpaired) electrons. The lowest BCUT2D eigenvalue weighted by Crippen LogP contribution is -2.24. The third-order valence-electron chi connectivity index (χ3n) is 5.48. The van der Waals surface area contributed by atoms with Crippen LogP contribution in [0, 0.1) is 5.92 Å². The fourth-order valence-electron chi connectivity index (χ4n) is 3.65. The molecular formula is C24H28N2O5S2. The van der Waals surface area contributed by atoms with E-state index in [0.29, 0.717) is 27.3 Å². The van der Waals surface area contributed by atoms with E-state index >= 15 is 0 Å². The van der Waals surface area contributed by atoms with Crippen LogP contribution < -0.4 is 0 Å². The zero-order valence-electron chi connectivity index (χ0n) is 19.8. The number of ketones is 1. The van der Waals surface area contributed by atoms with Gasteiger partial charge in [-0.2, -0.15) is 4.99 Å². The average molecular weight is 489 g/mol. The van der Waals surface area contributed by atoms with Crippen molar-refractivity contribution in [2.75, 3.05) is 5.75 Å². The molecule has 0 aromatic heterocycles. The highest BCUT2D eigenvalue weighted by Gasteiger charge is 2.40. The second-order valence-electron chi connectivity index (χ2n) is 10.2. The van der Waals surface area contributed by atoms with Crippen LogP contribution in [0.25, 0.3) is 0 Å². The number of aromatic hydroxyl groups is 1. The third kappa shape index (κ3) is 5.09. The molecule has 1 amide bonds. The van der Waals surface area contributed by atoms with Crippen molar-refractivity contribution in [2.45, 2.75) is 59.3 Å². The van der Waals surface area contributed by atoms with Gasteiger partial charge in [0, 0.05) is 16.7 Å². The molecule has 0 saturated heterocycles. The number of thioether (sulfide) groups is 2. The molecule has 2 aliphatic rings. The smallest absolute Gasteiger partial charge is 0.342 e. The van der Waals surface area contributed by atoms with Crippen molar-refractivity contribution in [3.63, 3.8) is 0 Å². The second kappa shape index (κ2) is 8.76. The fraction of sp³-hybridized carbons (Fsp3) is 0.458. The number of aliphatic carboxylic acids is 1. The Morgan fingerprint density at radius 2 is 1.61 bits per heavy atom. The zero-order valence-corrected chi connectivity index (χ0v) is 21.4. The molecule has 1 unspecified atom stereocenters. The number of carboxylic acid groups (broad SMARTS) is 1. The molecule has 1 aromatic carbocycles. The normalized spacial score (nSPS) is 18.8. The van der Waals surface area contributed by atoms with Gasteiger partial charge in [-0.3, -0.25) is 9.59 Å². The number of Topliss-reactive ketones (excluding diaryl/α,β-unsaturated/α-hetero) is 1. The van der Waals surface area contributed by atoms with Crippen LogP contribution in [0.2, 0.25) is 0 Å². The summed E-state index contributed by atoms with van der Waals surface area (Å²) in [5.41, 5.74) is 1.59. The van der Waals surface area contributed by atoms with Crippen LogP contribution in [0.3, 0.4) is 0 Å². The minimum atomic E-state index is -1.09. The molecule has 2 N–H and O–H groups in total. The van der Waals surface area contributed by atoms with Crippen molar-refractivity contribution in [1.82, 2.24) is 0 Å². The van der Waals surface area contributed by atoms with Crippen molar-refractivity contribution in [1.29, 1.82) is 0 Å². The number of nitrogens with zero attached hydrogens (tertiary/aromatic N) is 2. The Hall–Kier alpha value is -2.39. The van der Waals surface area contributed by atoms with Crippen LogP contribution in [0.1, 0.15) is 70.0 Å². The van der Waals surface area contributed by atoms with Gasteiger partial charge in [0.05, 0.1) is 15.7 Å². The molecule has 3 rings (SSSR count). The van der Waals surface area contributed by atoms with E-state index in [2.05, 4.69) is 9.98 Å². The minimum absolute atomic E-state index is 0.00830. The van der Waals surface area contributed by atoms with E-state index in [1.165, 1.54) is 0 Å². The zero-order chi connectivity index (χ0) is 24.9. The topological polar surface area (TPSA) is 116 Å². The van der Waals surface area contributed by atoms with Gasteiger partial charge in [-0.05, 0) is 35.5 Å². The van der Waals surface area contributed by atoms with Crippen LogP contribution in [0.15, 0.2) is 32.6 Å². The summed E-state index contributed by atoms with van der Waals surface area (Å²) >= 11 is 2.01. The molecule has 176 valence electrons. The highest BCUT2D eigenvalue weighted by molar-refractivity contribution is 8.19. The van der Waals surface area contributed by atoms with E-state index in [1.807, 2.05) is 41.5 Å². The number of rotatable bonds is 4. The first kappa shape index (κ1) is 25.2. The first-order valence-electron chi connectivity index (χ1n) is 10.5. The van der Waals surface area contributed by atoms with E-state index in [9.17, 15) is 24.6 Å². The van der Waals surface area contributed by atoms with Gasteiger partial charge in [0.1, 0.15) is 11.7 Å². The second-order valence-corrected chi connectivity index (χ2v) is 12.1. The van der Waals surface area contributed by atoms with E-state index < -0.39 is 17.8 Å². The lowest BCUT2D eigenvalue weighted by Gasteiger charge is -2.28. The molecule has 33 heavy (non-hydrogen) atoms. The van der Waals surface area contributed by atoms with Gasteiger partial charge in [0.15, 0.2) is 11.0 Å². The standard InChI is InChI=1S/C24H28N2O5S2/c1-11-16-19(29)25-22(26-20(16)33-18(11)21(30)31)32-10-15(27)12-8-13(23(2,3)4)17(28)14(9-12)24(5,6)7/h8-9,16,28H,10H2,1-7H3,(H,30,31). The van der Waals surface area contributed by atoms with Crippen LogP contribution in [-0.2, 0) is 20.4 Å². The molecule has 0 fully saturated rings. The van der Waals surface area contributed by atoms with Crippen molar-refractivity contribution < 1.29 is 24.6 Å². The maximum absolute atomic E-state index is 13.1. The number of amidine groups is 1. The predicted molar refractivity (Wildman–Crippen MR) is 134 cm³/mol. The summed E-state index contributed by atoms with van der Waals surface area (Å²) in [5, 5.41) is 20.7. The first-order valence-corrected chi connectivity index (χ1v) is 12.3. The summed E-state index contributed by atoms with van der Waals surface area (Å²) in [7, 11) is 0. The van der Waals surface area contributed by atoms with Gasteiger partial charge in [-0.1, -0.05) is 65.1 Å². The van der Waals surface area contributed by atoms with Crippen LogP contribution in [0.5, 0.6) is 5.75 Å². The first-order chi connectivity index (χ1) is 15.1. The SMILES string of the molecule is CC1=C(C(=O)O)SC2=NC(SCC(=O)c3cc(C(C)(C)C)c(O)c(C(C)(C)C)c3)=NC(=O)C21. The fourth-order valence-corrected chi connectivity index (χ4v) is 5.55. The van der Waals surface area contributed by atoms with Gasteiger partial charge in [-0.25, -0.2) is 9.79 Å². The maximum Gasteiger partial charge on any atom is 0.342 e. The lowest BCUT2D eigenvalue weighted by molar-refractivity contribution is -0.131. The van der Waals surface area contributed by atoms with E-state index in [0.717, 1.165) is 23.5 Å². The summed E-state index contributed by atoms with van der Waals surface area (Å²) in [6.07, 6.45) is 0. The van der Waals surface area contributed by atoms with Gasteiger partial charge in [-0.15, -0.1) is 0 Å². The minimum Gasteiger partial charge on any atom is -0.507 e. The molecule has 7 nitrogen and oxygen atoms in total. The molecule has 1 atom stereocenters. The number of carboxylic acids is 1. The monoisotopic (exact) mass is 488 g/mol. The molecule has 1 aromatic rings. The number of benzene rings is 1. The van der Waals surface area contributed by atoms with Crippen molar-refractivity contribution in [3.05, 3.63) is 39.3 Å². The number of amides is 1. The molecule has 0 aliphatic carbocycles. The number of carbonyl (C=O) groups excluding carboxylic acids is 2. The summed E-state index contributed by atoms with van der Waals surface area (Å²) in [6.45, 7) is 13.5. The number of phenolic OH excluding ortho intramolecular Hbond substituents is 1. The molecular weight excluding hydrogens is 460 g/mol. The molecule has 2 heterocycles. The summed E-state index contributed by atoms with van der Waals surface area (Å²) in [6, 6.07) is 3.45. The van der Waals surface area contributed by atoms with E-state index in [4.69, 9.17) is 0 Å². The highest BCUT2D eigenvalue weighted by atomic mass is 32.2. The van der Waals surface area contributed by atoms with Crippen molar-refractivity contribution >= 4 is 51.4 Å². The van der Waals surface area contributed by atoms with Crippen LogP contribution in [0.4, 0.5) is 0 Å². The number of aliphatic imine (C=N–C) groups is 2. The van der Waals surface area contributed by atoms with Crippen LogP contribution in [-0.4, -0.2) is 43.8 Å². The van der Waals surface area contributed by atoms with Crippen molar-refractivity contribution in [3.8, 4) is 5.75 Å².